The maximum atomic E-state index is 9.92. The van der Waals surface area contributed by atoms with E-state index in [4.69, 9.17) is 0 Å². The van der Waals surface area contributed by atoms with Crippen molar-refractivity contribution >= 4 is 15.9 Å². The van der Waals surface area contributed by atoms with Gasteiger partial charge in [-0.2, -0.15) is 0 Å². The largest absolute Gasteiger partial charge is 0.388 e. The lowest BCUT2D eigenvalue weighted by atomic mass is 10.00. The number of nitrogens with zero attached hydrogens (tertiary/aromatic N) is 1. The summed E-state index contributed by atoms with van der Waals surface area (Å²) in [7, 11) is 1.82. The molecule has 0 saturated carbocycles. The van der Waals surface area contributed by atoms with Crippen molar-refractivity contribution in [1.29, 1.82) is 0 Å². The second-order valence-electron chi connectivity index (χ2n) is 3.67. The summed E-state index contributed by atoms with van der Waals surface area (Å²) in [6.07, 6.45) is 2.30. The molecule has 0 saturated heterocycles. The minimum atomic E-state index is -0.740. The molecule has 1 atom stereocenters. The number of pyridine rings is 1. The Morgan fingerprint density at radius 3 is 2.79 bits per heavy atom. The number of likely N-dealkylation sites (N-methyl/N-ethyl adjacent to an activating group) is 1. The molecule has 3 nitrogen and oxygen atoms in total. The van der Waals surface area contributed by atoms with Crippen LogP contribution in [0.15, 0.2) is 22.8 Å². The average molecular weight is 259 g/mol. The second kappa shape index (κ2) is 4.87. The van der Waals surface area contributed by atoms with Crippen LogP contribution in [0, 0.1) is 0 Å². The third-order valence-electron chi connectivity index (χ3n) is 1.91. The maximum absolute atomic E-state index is 9.92. The number of aromatic nitrogens is 1. The molecule has 0 radical (unpaired) electrons. The zero-order chi connectivity index (χ0) is 10.6. The van der Waals surface area contributed by atoms with Crippen molar-refractivity contribution in [3.63, 3.8) is 0 Å². The van der Waals surface area contributed by atoms with Crippen LogP contribution in [-0.4, -0.2) is 29.3 Å². The average Bonchev–Trinajstić information content (AvgIpc) is 2.08. The van der Waals surface area contributed by atoms with E-state index in [1.54, 1.807) is 13.1 Å². The minimum absolute atomic E-state index is 0.557. The molecular formula is C10H15BrN2O. The quantitative estimate of drug-likeness (QED) is 0.858. The summed E-state index contributed by atoms with van der Waals surface area (Å²) in [5.41, 5.74) is 0.156. The summed E-state index contributed by atoms with van der Waals surface area (Å²) in [4.78, 5) is 4.21. The topological polar surface area (TPSA) is 45.1 Å². The van der Waals surface area contributed by atoms with Crippen LogP contribution in [0.3, 0.4) is 0 Å². The summed E-state index contributed by atoms with van der Waals surface area (Å²) in [6, 6.07) is 3.84. The Labute approximate surface area is 92.7 Å². The first-order valence-corrected chi connectivity index (χ1v) is 5.30. The molecule has 1 aromatic heterocycles. The highest BCUT2D eigenvalue weighted by atomic mass is 79.9. The molecule has 1 heterocycles. The fraction of sp³-hybridized carbons (Fsp3) is 0.500. The van der Waals surface area contributed by atoms with E-state index in [2.05, 4.69) is 26.2 Å². The van der Waals surface area contributed by atoms with Crippen LogP contribution in [0.1, 0.15) is 12.6 Å². The molecule has 2 N–H and O–H groups in total. The third-order valence-corrected chi connectivity index (χ3v) is 2.38. The van der Waals surface area contributed by atoms with Gasteiger partial charge in [0.2, 0.25) is 0 Å². The fourth-order valence-corrected chi connectivity index (χ4v) is 1.58. The van der Waals surface area contributed by atoms with Gasteiger partial charge in [0.05, 0.1) is 5.60 Å². The monoisotopic (exact) mass is 258 g/mol. The molecule has 0 aliphatic heterocycles. The molecule has 1 unspecified atom stereocenters. The highest BCUT2D eigenvalue weighted by Crippen LogP contribution is 2.13. The molecule has 0 aliphatic carbocycles. The van der Waals surface area contributed by atoms with E-state index >= 15 is 0 Å². The van der Waals surface area contributed by atoms with Gasteiger partial charge in [-0.25, -0.2) is 0 Å². The summed E-state index contributed by atoms with van der Waals surface area (Å²) < 4.78 is 0.953. The van der Waals surface area contributed by atoms with Crippen LogP contribution < -0.4 is 5.32 Å². The normalized spacial score (nSPS) is 15.1. The van der Waals surface area contributed by atoms with E-state index < -0.39 is 5.60 Å². The van der Waals surface area contributed by atoms with Gasteiger partial charge in [0.15, 0.2) is 0 Å². The number of halogens is 1. The summed E-state index contributed by atoms with van der Waals surface area (Å²) in [5.74, 6) is 0. The van der Waals surface area contributed by atoms with Crippen LogP contribution in [0.25, 0.3) is 0 Å². The lowest BCUT2D eigenvalue weighted by molar-refractivity contribution is 0.0613. The lowest BCUT2D eigenvalue weighted by Gasteiger charge is -2.22. The third kappa shape index (κ3) is 3.74. The maximum Gasteiger partial charge on any atom is 0.0798 e. The van der Waals surface area contributed by atoms with Gasteiger partial charge in [-0.15, -0.1) is 0 Å². The van der Waals surface area contributed by atoms with Crippen molar-refractivity contribution in [2.24, 2.45) is 0 Å². The molecule has 4 heteroatoms. The Balaban J connectivity index is 2.64. The van der Waals surface area contributed by atoms with E-state index in [9.17, 15) is 5.11 Å². The van der Waals surface area contributed by atoms with Crippen LogP contribution in [0.4, 0.5) is 0 Å². The molecule has 0 bridgehead atoms. The second-order valence-corrected chi connectivity index (χ2v) is 4.59. The smallest absolute Gasteiger partial charge is 0.0798 e. The first-order valence-electron chi connectivity index (χ1n) is 4.51. The van der Waals surface area contributed by atoms with E-state index in [-0.39, 0.29) is 0 Å². The number of aliphatic hydroxyl groups is 1. The molecular weight excluding hydrogens is 244 g/mol. The lowest BCUT2D eigenvalue weighted by Crippen LogP contribution is -2.38. The van der Waals surface area contributed by atoms with Crippen molar-refractivity contribution < 1.29 is 5.11 Å². The zero-order valence-electron chi connectivity index (χ0n) is 8.42. The van der Waals surface area contributed by atoms with E-state index in [1.165, 1.54) is 0 Å². The molecule has 1 aromatic rings. The fourth-order valence-electron chi connectivity index (χ4n) is 1.34. The number of rotatable bonds is 4. The Morgan fingerprint density at radius 2 is 2.29 bits per heavy atom. The van der Waals surface area contributed by atoms with Gasteiger partial charge in [-0.05, 0) is 42.0 Å². The molecule has 1 rings (SSSR count). The van der Waals surface area contributed by atoms with Gasteiger partial charge in [0, 0.05) is 29.3 Å². The molecule has 0 spiro atoms. The van der Waals surface area contributed by atoms with Crippen LogP contribution in [-0.2, 0) is 6.42 Å². The van der Waals surface area contributed by atoms with Crippen molar-refractivity contribution in [2.75, 3.05) is 13.6 Å². The van der Waals surface area contributed by atoms with Gasteiger partial charge < -0.3 is 10.4 Å². The van der Waals surface area contributed by atoms with Gasteiger partial charge in [-0.1, -0.05) is 0 Å². The van der Waals surface area contributed by atoms with Crippen molar-refractivity contribution in [3.05, 3.63) is 28.5 Å². The SMILES string of the molecule is CNCC(C)(O)Cc1ccc(Br)cn1. The van der Waals surface area contributed by atoms with Crippen LogP contribution in [0.5, 0.6) is 0 Å². The number of hydrogen-bond donors (Lipinski definition) is 2. The Bertz CT molecular complexity index is 285. The van der Waals surface area contributed by atoms with Crippen molar-refractivity contribution in [2.45, 2.75) is 18.9 Å². The number of nitrogens with one attached hydrogen (secondary N) is 1. The predicted molar refractivity (Wildman–Crippen MR) is 60.2 cm³/mol. The minimum Gasteiger partial charge on any atom is -0.388 e. The van der Waals surface area contributed by atoms with E-state index in [0.717, 1.165) is 10.2 Å². The molecule has 0 amide bonds. The molecule has 78 valence electrons. The van der Waals surface area contributed by atoms with Gasteiger partial charge in [-0.3, -0.25) is 4.98 Å². The van der Waals surface area contributed by atoms with E-state index in [0.29, 0.717) is 13.0 Å². The molecule has 14 heavy (non-hydrogen) atoms. The molecule has 0 aromatic carbocycles. The Morgan fingerprint density at radius 1 is 1.57 bits per heavy atom. The van der Waals surface area contributed by atoms with Gasteiger partial charge in [0.1, 0.15) is 0 Å². The standard InChI is InChI=1S/C10H15BrN2O/c1-10(14,7-12-2)5-9-4-3-8(11)6-13-9/h3-4,6,12,14H,5,7H2,1-2H3. The van der Waals surface area contributed by atoms with Crippen LogP contribution in [0.2, 0.25) is 0 Å². The molecule has 0 fully saturated rings. The highest BCUT2D eigenvalue weighted by Gasteiger charge is 2.20. The van der Waals surface area contributed by atoms with Gasteiger partial charge in [0.25, 0.3) is 0 Å². The Hall–Kier alpha value is -0.450. The van der Waals surface area contributed by atoms with Crippen LogP contribution >= 0.6 is 15.9 Å². The summed E-state index contributed by atoms with van der Waals surface area (Å²) in [5, 5.41) is 12.9. The summed E-state index contributed by atoms with van der Waals surface area (Å²) in [6.45, 7) is 2.36. The Kier molecular flexibility index (Phi) is 4.04. The van der Waals surface area contributed by atoms with E-state index in [1.807, 2.05) is 19.2 Å². The predicted octanol–water partition coefficient (Wildman–Crippen LogP) is 1.36. The number of hydrogen-bond acceptors (Lipinski definition) is 3. The zero-order valence-corrected chi connectivity index (χ0v) is 10.0. The summed E-state index contributed by atoms with van der Waals surface area (Å²) >= 11 is 3.32. The molecule has 0 aliphatic rings. The van der Waals surface area contributed by atoms with Crippen molar-refractivity contribution in [3.8, 4) is 0 Å². The first kappa shape index (κ1) is 11.6. The van der Waals surface area contributed by atoms with Crippen molar-refractivity contribution in [1.82, 2.24) is 10.3 Å². The highest BCUT2D eigenvalue weighted by molar-refractivity contribution is 9.10. The van der Waals surface area contributed by atoms with Gasteiger partial charge >= 0.3 is 0 Å². The first-order chi connectivity index (χ1) is 6.53.